The van der Waals surface area contributed by atoms with Crippen LogP contribution in [0, 0.1) is 6.92 Å². The third kappa shape index (κ3) is 2.88. The van der Waals surface area contributed by atoms with Crippen molar-refractivity contribution in [2.75, 3.05) is 4.72 Å². The second-order valence-corrected chi connectivity index (χ2v) is 7.74. The Hall–Kier alpha value is -1.63. The Morgan fingerprint density at radius 1 is 1.19 bits per heavy atom. The van der Waals surface area contributed by atoms with Crippen molar-refractivity contribution in [1.29, 1.82) is 0 Å². The molecule has 0 amide bonds. The summed E-state index contributed by atoms with van der Waals surface area (Å²) in [4.78, 5) is 4.41. The van der Waals surface area contributed by atoms with Gasteiger partial charge >= 0.3 is 0 Å². The molecule has 0 atom stereocenters. The first-order valence-corrected chi connectivity index (χ1v) is 8.78. The van der Waals surface area contributed by atoms with Gasteiger partial charge in [0, 0.05) is 0 Å². The number of aromatic nitrogens is 1. The minimum Gasteiger partial charge on any atom is -0.280 e. The molecule has 7 heteroatoms. The van der Waals surface area contributed by atoms with Crippen molar-refractivity contribution < 1.29 is 8.42 Å². The maximum absolute atomic E-state index is 12.4. The number of nitrogens with one attached hydrogen (secondary N) is 1. The van der Waals surface area contributed by atoms with E-state index in [4.69, 9.17) is 11.6 Å². The Bertz CT molecular complexity index is 920. The summed E-state index contributed by atoms with van der Waals surface area (Å²) in [6, 6.07) is 11.6. The Morgan fingerprint density at radius 3 is 2.71 bits per heavy atom. The molecular formula is C14H11ClN2O2S2. The minimum atomic E-state index is -3.70. The van der Waals surface area contributed by atoms with Crippen molar-refractivity contribution in [3.05, 3.63) is 52.5 Å². The molecule has 3 rings (SSSR count). The summed E-state index contributed by atoms with van der Waals surface area (Å²) in [7, 11) is -3.70. The second kappa shape index (κ2) is 5.29. The van der Waals surface area contributed by atoms with Crippen LogP contribution in [0.15, 0.2) is 47.4 Å². The summed E-state index contributed by atoms with van der Waals surface area (Å²) in [6.45, 7) is 1.91. The highest BCUT2D eigenvalue weighted by Gasteiger charge is 2.17. The fraction of sp³-hybridized carbons (Fsp3) is 0.0714. The van der Waals surface area contributed by atoms with Gasteiger partial charge < -0.3 is 0 Å². The van der Waals surface area contributed by atoms with Gasteiger partial charge in [-0.2, -0.15) is 0 Å². The highest BCUT2D eigenvalue weighted by Crippen LogP contribution is 2.27. The van der Waals surface area contributed by atoms with E-state index in [0.29, 0.717) is 5.69 Å². The van der Waals surface area contributed by atoms with Gasteiger partial charge in [-0.1, -0.05) is 23.7 Å². The van der Waals surface area contributed by atoms with Crippen LogP contribution in [0.5, 0.6) is 0 Å². The predicted molar refractivity (Wildman–Crippen MR) is 86.6 cm³/mol. The summed E-state index contributed by atoms with van der Waals surface area (Å²) >= 11 is 7.47. The Kier molecular flexibility index (Phi) is 3.61. The summed E-state index contributed by atoms with van der Waals surface area (Å²) < 4.78 is 28.2. The van der Waals surface area contributed by atoms with Crippen molar-refractivity contribution in [1.82, 2.24) is 4.98 Å². The Balaban J connectivity index is 1.99. The summed E-state index contributed by atoms with van der Waals surface area (Å²) in [5.41, 5.74) is 1.35. The van der Waals surface area contributed by atoms with Crippen LogP contribution in [0.4, 0.5) is 5.69 Å². The van der Waals surface area contributed by atoms with Crippen LogP contribution in [-0.2, 0) is 10.0 Å². The Labute approximate surface area is 131 Å². The van der Waals surface area contributed by atoms with Gasteiger partial charge in [0.1, 0.15) is 4.90 Å². The standard InChI is InChI=1S/C14H11ClN2O2S2/c1-9-16-12-7-6-10(8-13(12)20-9)17-21(18,19)14-5-3-2-4-11(14)15/h2-8,17H,1H3. The van der Waals surface area contributed by atoms with Gasteiger partial charge in [0.25, 0.3) is 10.0 Å². The van der Waals surface area contributed by atoms with Crippen LogP contribution in [-0.4, -0.2) is 13.4 Å². The number of thiazole rings is 1. The second-order valence-electron chi connectivity index (χ2n) is 4.45. The minimum absolute atomic E-state index is 0.0623. The molecule has 1 aromatic heterocycles. The van der Waals surface area contributed by atoms with Crippen LogP contribution in [0.3, 0.4) is 0 Å². The van der Waals surface area contributed by atoms with E-state index in [1.54, 1.807) is 36.4 Å². The van der Waals surface area contributed by atoms with E-state index < -0.39 is 10.0 Å². The fourth-order valence-electron chi connectivity index (χ4n) is 1.98. The molecule has 0 saturated heterocycles. The largest absolute Gasteiger partial charge is 0.280 e. The van der Waals surface area contributed by atoms with Gasteiger partial charge in [-0.3, -0.25) is 4.72 Å². The molecule has 0 aliphatic rings. The number of hydrogen-bond donors (Lipinski definition) is 1. The lowest BCUT2D eigenvalue weighted by molar-refractivity contribution is 0.601. The van der Waals surface area contributed by atoms with Gasteiger partial charge in [-0.25, -0.2) is 13.4 Å². The average Bonchev–Trinajstić information content (AvgIpc) is 2.78. The number of rotatable bonds is 3. The first-order chi connectivity index (χ1) is 9.95. The molecular weight excluding hydrogens is 328 g/mol. The maximum atomic E-state index is 12.4. The van der Waals surface area contributed by atoms with E-state index >= 15 is 0 Å². The van der Waals surface area contributed by atoms with Crippen LogP contribution in [0.2, 0.25) is 5.02 Å². The molecule has 1 heterocycles. The molecule has 0 spiro atoms. The lowest BCUT2D eigenvalue weighted by atomic mass is 10.3. The van der Waals surface area contributed by atoms with Gasteiger partial charge in [0.15, 0.2) is 0 Å². The van der Waals surface area contributed by atoms with E-state index in [1.807, 2.05) is 6.92 Å². The molecule has 21 heavy (non-hydrogen) atoms. The van der Waals surface area contributed by atoms with Gasteiger partial charge in [0.2, 0.25) is 0 Å². The molecule has 0 aliphatic heterocycles. The quantitative estimate of drug-likeness (QED) is 0.783. The van der Waals surface area contributed by atoms with Gasteiger partial charge in [0.05, 0.1) is 25.9 Å². The first-order valence-electron chi connectivity index (χ1n) is 6.10. The zero-order chi connectivity index (χ0) is 15.0. The summed E-state index contributed by atoms with van der Waals surface area (Å²) in [5, 5.41) is 1.14. The number of anilines is 1. The monoisotopic (exact) mass is 338 g/mol. The van der Waals surface area contributed by atoms with E-state index in [2.05, 4.69) is 9.71 Å². The van der Waals surface area contributed by atoms with E-state index in [0.717, 1.165) is 15.2 Å². The summed E-state index contributed by atoms with van der Waals surface area (Å²) in [5.74, 6) is 0. The molecule has 0 aliphatic carbocycles. The SMILES string of the molecule is Cc1nc2ccc(NS(=O)(=O)c3ccccc3Cl)cc2s1. The maximum Gasteiger partial charge on any atom is 0.263 e. The number of halogens is 1. The van der Waals surface area contributed by atoms with Crippen LogP contribution >= 0.6 is 22.9 Å². The molecule has 0 saturated carbocycles. The molecule has 3 aromatic rings. The van der Waals surface area contributed by atoms with Crippen molar-refractivity contribution in [2.45, 2.75) is 11.8 Å². The lowest BCUT2D eigenvalue weighted by Gasteiger charge is -2.09. The highest BCUT2D eigenvalue weighted by molar-refractivity contribution is 7.92. The molecule has 0 unspecified atom stereocenters. The van der Waals surface area contributed by atoms with Crippen LogP contribution in [0.1, 0.15) is 5.01 Å². The molecule has 2 aromatic carbocycles. The number of hydrogen-bond acceptors (Lipinski definition) is 4. The Morgan fingerprint density at radius 2 is 1.95 bits per heavy atom. The van der Waals surface area contributed by atoms with Gasteiger partial charge in [-0.15, -0.1) is 11.3 Å². The zero-order valence-electron chi connectivity index (χ0n) is 11.0. The van der Waals surface area contributed by atoms with E-state index in [1.165, 1.54) is 17.4 Å². The van der Waals surface area contributed by atoms with Crippen LogP contribution in [0.25, 0.3) is 10.2 Å². The highest BCUT2D eigenvalue weighted by atomic mass is 35.5. The molecule has 108 valence electrons. The molecule has 0 radical (unpaired) electrons. The van der Waals surface area contributed by atoms with Crippen LogP contribution < -0.4 is 4.72 Å². The third-order valence-electron chi connectivity index (χ3n) is 2.87. The fourth-order valence-corrected chi connectivity index (χ4v) is 4.41. The van der Waals surface area contributed by atoms with Crippen molar-refractivity contribution in [3.63, 3.8) is 0 Å². The van der Waals surface area contributed by atoms with Gasteiger partial charge in [-0.05, 0) is 37.3 Å². The zero-order valence-corrected chi connectivity index (χ0v) is 13.4. The normalized spacial score (nSPS) is 11.7. The molecule has 0 fully saturated rings. The number of sulfonamides is 1. The molecule has 0 bridgehead atoms. The summed E-state index contributed by atoms with van der Waals surface area (Å²) in [6.07, 6.45) is 0. The number of aryl methyl sites for hydroxylation is 1. The first kappa shape index (κ1) is 14.3. The third-order valence-corrected chi connectivity index (χ3v) is 5.69. The molecule has 4 nitrogen and oxygen atoms in total. The van der Waals surface area contributed by atoms with E-state index in [9.17, 15) is 8.42 Å². The molecule has 1 N–H and O–H groups in total. The smallest absolute Gasteiger partial charge is 0.263 e. The van der Waals surface area contributed by atoms with Crippen molar-refractivity contribution >= 4 is 48.9 Å². The number of benzene rings is 2. The van der Waals surface area contributed by atoms with Crippen molar-refractivity contribution in [2.24, 2.45) is 0 Å². The average molecular weight is 339 g/mol. The van der Waals surface area contributed by atoms with Crippen molar-refractivity contribution in [3.8, 4) is 0 Å². The number of nitrogens with zero attached hydrogens (tertiary/aromatic N) is 1. The number of fused-ring (bicyclic) bond motifs is 1. The van der Waals surface area contributed by atoms with E-state index in [-0.39, 0.29) is 9.92 Å². The lowest BCUT2D eigenvalue weighted by Crippen LogP contribution is -2.13. The topological polar surface area (TPSA) is 59.1 Å². The predicted octanol–water partition coefficient (Wildman–Crippen LogP) is 4.06.